The highest BCUT2D eigenvalue weighted by molar-refractivity contribution is 5.60. The molecule has 0 fully saturated rings. The van der Waals surface area contributed by atoms with E-state index in [-0.39, 0.29) is 6.47 Å². The number of carbonyl (C=O) groups is 2. The van der Waals surface area contributed by atoms with E-state index in [0.29, 0.717) is 6.61 Å². The third-order valence-corrected chi connectivity index (χ3v) is 0.933. The lowest BCUT2D eigenvalue weighted by molar-refractivity contribution is -0.152. The number of rotatable bonds is 5. The van der Waals surface area contributed by atoms with E-state index in [4.69, 9.17) is 0 Å². The van der Waals surface area contributed by atoms with Gasteiger partial charge in [-0.3, -0.25) is 4.79 Å². The molecule has 0 bridgehead atoms. The van der Waals surface area contributed by atoms with Crippen LogP contribution in [0.1, 0.15) is 20.3 Å². The van der Waals surface area contributed by atoms with Gasteiger partial charge in [0.25, 0.3) is 6.47 Å². The molecule has 5 nitrogen and oxygen atoms in total. The largest absolute Gasteiger partial charge is 0.511 e. The molecule has 0 saturated heterocycles. The minimum absolute atomic E-state index is 0.206. The Morgan fingerprint density at radius 1 is 1.58 bits per heavy atom. The van der Waals surface area contributed by atoms with Crippen molar-refractivity contribution in [3.63, 3.8) is 0 Å². The van der Waals surface area contributed by atoms with Gasteiger partial charge in [0.1, 0.15) is 0 Å². The Labute approximate surface area is 70.6 Å². The summed E-state index contributed by atoms with van der Waals surface area (Å²) >= 11 is 0. The van der Waals surface area contributed by atoms with E-state index in [2.05, 4.69) is 14.2 Å². The maximum absolute atomic E-state index is 10.6. The molecule has 12 heavy (non-hydrogen) atoms. The predicted molar refractivity (Wildman–Crippen MR) is 39.3 cm³/mol. The van der Waals surface area contributed by atoms with Gasteiger partial charge in [0.15, 0.2) is 0 Å². The Balaban J connectivity index is 3.46. The molecule has 0 aromatic heterocycles. The Morgan fingerprint density at radius 3 is 2.75 bits per heavy atom. The van der Waals surface area contributed by atoms with Crippen molar-refractivity contribution in [1.29, 1.82) is 0 Å². The molecule has 0 heterocycles. The Kier molecular flexibility index (Phi) is 5.77. The molecule has 0 N–H and O–H groups in total. The zero-order valence-corrected chi connectivity index (χ0v) is 7.11. The Bertz CT molecular complexity index is 145. The Hall–Kier alpha value is -1.26. The molecule has 0 aliphatic carbocycles. The van der Waals surface area contributed by atoms with E-state index in [1.807, 2.05) is 6.92 Å². The van der Waals surface area contributed by atoms with Gasteiger partial charge in [-0.2, -0.15) is 0 Å². The first-order chi connectivity index (χ1) is 5.70. The van der Waals surface area contributed by atoms with Crippen molar-refractivity contribution < 1.29 is 23.8 Å². The molecule has 1 unspecified atom stereocenters. The molecule has 1 atom stereocenters. The normalized spacial score (nSPS) is 11.5. The summed E-state index contributed by atoms with van der Waals surface area (Å²) in [6.45, 7) is 3.78. The van der Waals surface area contributed by atoms with Crippen LogP contribution in [0.2, 0.25) is 0 Å². The standard InChI is InChI=1S/C7H12O5/c1-3-4-10-7(9)12-6(2)11-5-8/h5-6H,3-4H2,1-2H3. The van der Waals surface area contributed by atoms with Gasteiger partial charge in [-0.05, 0) is 6.42 Å². The number of hydrogen-bond acceptors (Lipinski definition) is 5. The van der Waals surface area contributed by atoms with Crippen LogP contribution in [0.5, 0.6) is 0 Å². The van der Waals surface area contributed by atoms with Crippen LogP contribution >= 0.6 is 0 Å². The van der Waals surface area contributed by atoms with Gasteiger partial charge in [-0.1, -0.05) is 6.92 Å². The molecule has 0 spiro atoms. The van der Waals surface area contributed by atoms with E-state index in [9.17, 15) is 9.59 Å². The van der Waals surface area contributed by atoms with Crippen LogP contribution in [0.4, 0.5) is 4.79 Å². The lowest BCUT2D eigenvalue weighted by Gasteiger charge is -2.09. The van der Waals surface area contributed by atoms with E-state index in [1.165, 1.54) is 6.92 Å². The molecule has 0 aromatic rings. The predicted octanol–water partition coefficient (Wildman–Crippen LogP) is 1.07. The third-order valence-electron chi connectivity index (χ3n) is 0.933. The van der Waals surface area contributed by atoms with E-state index in [1.54, 1.807) is 0 Å². The first-order valence-corrected chi connectivity index (χ1v) is 3.63. The van der Waals surface area contributed by atoms with Gasteiger partial charge >= 0.3 is 6.16 Å². The van der Waals surface area contributed by atoms with E-state index >= 15 is 0 Å². The summed E-state index contributed by atoms with van der Waals surface area (Å²) in [5, 5.41) is 0. The molecule has 0 aromatic carbocycles. The zero-order chi connectivity index (χ0) is 9.40. The second kappa shape index (κ2) is 6.45. The molecule has 0 radical (unpaired) electrons. The molecule has 0 amide bonds. The second-order valence-corrected chi connectivity index (χ2v) is 2.02. The summed E-state index contributed by atoms with van der Waals surface area (Å²) < 4.78 is 13.3. The second-order valence-electron chi connectivity index (χ2n) is 2.02. The summed E-state index contributed by atoms with van der Waals surface area (Å²) in [6.07, 6.45) is -1.00. The van der Waals surface area contributed by atoms with Crippen LogP contribution in [0, 0.1) is 0 Å². The molecular weight excluding hydrogens is 164 g/mol. The van der Waals surface area contributed by atoms with Crippen molar-refractivity contribution in [1.82, 2.24) is 0 Å². The smallest absolute Gasteiger partial charge is 0.434 e. The fraction of sp³-hybridized carbons (Fsp3) is 0.714. The van der Waals surface area contributed by atoms with Gasteiger partial charge in [0.05, 0.1) is 6.61 Å². The van der Waals surface area contributed by atoms with E-state index in [0.717, 1.165) is 6.42 Å². The first kappa shape index (κ1) is 10.7. The number of ether oxygens (including phenoxy) is 3. The molecule has 0 rings (SSSR count). The van der Waals surface area contributed by atoms with Crippen LogP contribution in [-0.2, 0) is 19.0 Å². The van der Waals surface area contributed by atoms with Crippen molar-refractivity contribution in [2.24, 2.45) is 0 Å². The lowest BCUT2D eigenvalue weighted by atomic mass is 10.5. The molecule has 0 aliphatic rings. The van der Waals surface area contributed by atoms with Gasteiger partial charge < -0.3 is 14.2 Å². The van der Waals surface area contributed by atoms with Crippen LogP contribution < -0.4 is 0 Å². The Morgan fingerprint density at radius 2 is 2.25 bits per heavy atom. The van der Waals surface area contributed by atoms with Crippen molar-refractivity contribution in [2.45, 2.75) is 26.6 Å². The summed E-state index contributed by atoms with van der Waals surface area (Å²) in [7, 11) is 0. The summed E-state index contributed by atoms with van der Waals surface area (Å²) in [5.41, 5.74) is 0. The SMILES string of the molecule is CCCOC(=O)OC(C)OC=O. The summed E-state index contributed by atoms with van der Waals surface area (Å²) in [4.78, 5) is 20.4. The average Bonchev–Trinajstić information content (AvgIpc) is 2.01. The minimum Gasteiger partial charge on any atom is -0.434 e. The summed E-state index contributed by atoms with van der Waals surface area (Å²) in [5.74, 6) is 0. The number of carbonyl (C=O) groups excluding carboxylic acids is 2. The van der Waals surface area contributed by atoms with E-state index < -0.39 is 12.4 Å². The minimum atomic E-state index is -0.896. The van der Waals surface area contributed by atoms with Crippen LogP contribution in [0.25, 0.3) is 0 Å². The third kappa shape index (κ3) is 5.52. The van der Waals surface area contributed by atoms with Gasteiger partial charge in [0.2, 0.25) is 6.29 Å². The fourth-order valence-corrected chi connectivity index (χ4v) is 0.461. The average molecular weight is 176 g/mol. The maximum atomic E-state index is 10.6. The van der Waals surface area contributed by atoms with Crippen LogP contribution in [-0.4, -0.2) is 25.5 Å². The molecular formula is C7H12O5. The molecule has 0 saturated carbocycles. The quantitative estimate of drug-likeness (QED) is 0.356. The first-order valence-electron chi connectivity index (χ1n) is 3.63. The molecule has 0 aliphatic heterocycles. The van der Waals surface area contributed by atoms with Gasteiger partial charge in [-0.15, -0.1) is 0 Å². The fourth-order valence-electron chi connectivity index (χ4n) is 0.461. The van der Waals surface area contributed by atoms with Crippen molar-refractivity contribution in [3.05, 3.63) is 0 Å². The van der Waals surface area contributed by atoms with Crippen molar-refractivity contribution >= 4 is 12.6 Å². The van der Waals surface area contributed by atoms with Crippen LogP contribution in [0.15, 0.2) is 0 Å². The number of hydrogen-bond donors (Lipinski definition) is 0. The van der Waals surface area contributed by atoms with Crippen molar-refractivity contribution in [2.75, 3.05) is 6.61 Å². The highest BCUT2D eigenvalue weighted by atomic mass is 16.8. The monoisotopic (exact) mass is 176 g/mol. The van der Waals surface area contributed by atoms with Gasteiger partial charge in [-0.25, -0.2) is 4.79 Å². The molecule has 70 valence electrons. The zero-order valence-electron chi connectivity index (χ0n) is 7.11. The lowest BCUT2D eigenvalue weighted by Crippen LogP contribution is -2.18. The summed E-state index contributed by atoms with van der Waals surface area (Å²) in [6, 6.07) is 0. The van der Waals surface area contributed by atoms with Crippen molar-refractivity contribution in [3.8, 4) is 0 Å². The maximum Gasteiger partial charge on any atom is 0.511 e. The highest BCUT2D eigenvalue weighted by Gasteiger charge is 2.09. The van der Waals surface area contributed by atoms with Gasteiger partial charge in [0, 0.05) is 6.92 Å². The highest BCUT2D eigenvalue weighted by Crippen LogP contribution is 1.95. The molecule has 5 heteroatoms. The topological polar surface area (TPSA) is 61.8 Å². The van der Waals surface area contributed by atoms with Crippen LogP contribution in [0.3, 0.4) is 0 Å².